The number of methoxy groups -OCH3 is 1. The molecule has 5 rings (SSSR count). The number of hydrogen-bond donors (Lipinski definition) is 0. The Morgan fingerprint density at radius 3 is 2.33 bits per heavy atom. The minimum Gasteiger partial charge on any atom is -0.465 e. The molecule has 0 amide bonds. The van der Waals surface area contributed by atoms with Crippen molar-refractivity contribution in [3.05, 3.63) is 113 Å². The first-order valence-electron chi connectivity index (χ1n) is 12.8. The maximum atomic E-state index is 12.4. The Kier molecular flexibility index (Phi) is 8.12. The zero-order valence-electron chi connectivity index (χ0n) is 21.6. The van der Waals surface area contributed by atoms with Crippen LogP contribution in [0.25, 0.3) is 11.1 Å². The Morgan fingerprint density at radius 2 is 1.64 bits per heavy atom. The summed E-state index contributed by atoms with van der Waals surface area (Å²) in [4.78, 5) is 17.2. The lowest BCUT2D eigenvalue weighted by molar-refractivity contribution is 0.0598. The highest BCUT2D eigenvalue weighted by Crippen LogP contribution is 2.32. The molecule has 7 heteroatoms. The van der Waals surface area contributed by atoms with Crippen LogP contribution in [0.1, 0.15) is 21.5 Å². The second kappa shape index (κ2) is 12.0. The number of anilines is 1. The van der Waals surface area contributed by atoms with Gasteiger partial charge >= 0.3 is 5.97 Å². The summed E-state index contributed by atoms with van der Waals surface area (Å²) < 4.78 is 11.0. The third-order valence-electron chi connectivity index (χ3n) is 6.89. The Bertz CT molecular complexity index is 1490. The van der Waals surface area contributed by atoms with Crippen LogP contribution >= 0.6 is 11.6 Å². The van der Waals surface area contributed by atoms with Gasteiger partial charge in [0, 0.05) is 49.5 Å². The van der Waals surface area contributed by atoms with E-state index in [9.17, 15) is 4.79 Å². The highest BCUT2D eigenvalue weighted by molar-refractivity contribution is 6.30. The molecule has 0 unspecified atom stereocenters. The van der Waals surface area contributed by atoms with E-state index >= 15 is 0 Å². The number of benzene rings is 4. The molecule has 1 aliphatic rings. The molecule has 196 valence electrons. The molecule has 1 heterocycles. The van der Waals surface area contributed by atoms with E-state index in [1.54, 1.807) is 30.3 Å². The van der Waals surface area contributed by atoms with Crippen LogP contribution < -0.4 is 9.64 Å². The molecule has 0 N–H and O–H groups in total. The van der Waals surface area contributed by atoms with Crippen molar-refractivity contribution in [2.45, 2.75) is 6.54 Å². The second-order valence-corrected chi connectivity index (χ2v) is 9.77. The number of rotatable bonds is 7. The smallest absolute Gasteiger partial charge is 0.341 e. The third-order valence-corrected chi connectivity index (χ3v) is 7.14. The van der Waals surface area contributed by atoms with Gasteiger partial charge in [0.05, 0.1) is 18.7 Å². The van der Waals surface area contributed by atoms with Gasteiger partial charge in [-0.2, -0.15) is 5.26 Å². The van der Waals surface area contributed by atoms with Crippen molar-refractivity contribution in [3.8, 4) is 28.7 Å². The predicted molar refractivity (Wildman–Crippen MR) is 153 cm³/mol. The second-order valence-electron chi connectivity index (χ2n) is 9.34. The minimum atomic E-state index is -0.464. The van der Waals surface area contributed by atoms with Gasteiger partial charge in [0.1, 0.15) is 17.1 Å². The lowest BCUT2D eigenvalue weighted by Gasteiger charge is -2.36. The Balaban J connectivity index is 1.29. The van der Waals surface area contributed by atoms with E-state index in [-0.39, 0.29) is 0 Å². The summed E-state index contributed by atoms with van der Waals surface area (Å²) in [6.07, 6.45) is 0. The van der Waals surface area contributed by atoms with Crippen molar-refractivity contribution in [1.82, 2.24) is 4.90 Å². The maximum Gasteiger partial charge on any atom is 0.341 e. The Morgan fingerprint density at radius 1 is 0.923 bits per heavy atom. The monoisotopic (exact) mass is 537 g/mol. The first kappa shape index (κ1) is 26.3. The van der Waals surface area contributed by atoms with Crippen molar-refractivity contribution >= 4 is 23.3 Å². The van der Waals surface area contributed by atoms with Gasteiger partial charge in [-0.3, -0.25) is 4.90 Å². The lowest BCUT2D eigenvalue weighted by atomic mass is 9.99. The molecule has 1 fully saturated rings. The van der Waals surface area contributed by atoms with Crippen LogP contribution in [0.3, 0.4) is 0 Å². The number of esters is 1. The largest absolute Gasteiger partial charge is 0.465 e. The fraction of sp³-hybridized carbons (Fsp3) is 0.188. The van der Waals surface area contributed by atoms with Gasteiger partial charge in [-0.1, -0.05) is 48.0 Å². The number of halogens is 1. The maximum absolute atomic E-state index is 12.4. The summed E-state index contributed by atoms with van der Waals surface area (Å²) in [6.45, 7) is 4.36. The van der Waals surface area contributed by atoms with Gasteiger partial charge in [0.25, 0.3) is 0 Å². The van der Waals surface area contributed by atoms with Crippen molar-refractivity contribution in [2.75, 3.05) is 38.2 Å². The number of nitrogens with zero attached hydrogens (tertiary/aromatic N) is 3. The van der Waals surface area contributed by atoms with Crippen LogP contribution in [-0.4, -0.2) is 44.2 Å². The van der Waals surface area contributed by atoms with Crippen LogP contribution in [0, 0.1) is 11.3 Å². The number of ether oxygens (including phenoxy) is 2. The van der Waals surface area contributed by atoms with Crippen molar-refractivity contribution in [2.24, 2.45) is 0 Å². The molecule has 39 heavy (non-hydrogen) atoms. The standard InChI is InChI=1S/C32H28ClN3O3/c1-38-32(37)30-15-12-27(20-31(30)39-28-13-6-23(21-34)7-14-28)36-18-16-35(17-19-36)22-25-4-2-3-5-29(25)24-8-10-26(33)11-9-24/h2-15,20H,16-19,22H2,1H3. The van der Waals surface area contributed by atoms with E-state index in [2.05, 4.69) is 52.3 Å². The normalized spacial score (nSPS) is 13.5. The van der Waals surface area contributed by atoms with Crippen molar-refractivity contribution < 1.29 is 14.3 Å². The van der Waals surface area contributed by atoms with Crippen LogP contribution in [0.2, 0.25) is 5.02 Å². The summed E-state index contributed by atoms with van der Waals surface area (Å²) in [5.74, 6) is 0.498. The van der Waals surface area contributed by atoms with Crippen LogP contribution in [-0.2, 0) is 11.3 Å². The summed E-state index contributed by atoms with van der Waals surface area (Å²) in [5.41, 5.74) is 5.54. The molecule has 1 aliphatic heterocycles. The van der Waals surface area contributed by atoms with Gasteiger partial charge in [-0.05, 0) is 65.2 Å². The van der Waals surface area contributed by atoms with Gasteiger partial charge in [-0.25, -0.2) is 4.79 Å². The van der Waals surface area contributed by atoms with Crippen molar-refractivity contribution in [3.63, 3.8) is 0 Å². The summed E-state index contributed by atoms with van der Waals surface area (Å²) in [6, 6.07) is 30.9. The number of piperazine rings is 1. The van der Waals surface area contributed by atoms with E-state index in [1.165, 1.54) is 18.2 Å². The van der Waals surface area contributed by atoms with Gasteiger partial charge in [-0.15, -0.1) is 0 Å². The summed E-state index contributed by atoms with van der Waals surface area (Å²) in [7, 11) is 1.35. The molecule has 0 atom stereocenters. The summed E-state index contributed by atoms with van der Waals surface area (Å²) >= 11 is 6.10. The average Bonchev–Trinajstić information content (AvgIpc) is 2.98. The minimum absolute atomic E-state index is 0.350. The van der Waals surface area contributed by atoms with Crippen LogP contribution in [0.15, 0.2) is 91.0 Å². The van der Waals surface area contributed by atoms with Gasteiger partial charge in [0.2, 0.25) is 0 Å². The fourth-order valence-corrected chi connectivity index (χ4v) is 4.90. The number of nitriles is 1. The number of carbonyl (C=O) groups is 1. The molecular weight excluding hydrogens is 510 g/mol. The molecular formula is C32H28ClN3O3. The SMILES string of the molecule is COC(=O)c1ccc(N2CCN(Cc3ccccc3-c3ccc(Cl)cc3)CC2)cc1Oc1ccc(C#N)cc1. The fourth-order valence-electron chi connectivity index (χ4n) is 4.77. The van der Waals surface area contributed by atoms with Crippen LogP contribution in [0.4, 0.5) is 5.69 Å². The molecule has 6 nitrogen and oxygen atoms in total. The number of hydrogen-bond acceptors (Lipinski definition) is 6. The molecule has 1 saturated heterocycles. The highest BCUT2D eigenvalue weighted by Gasteiger charge is 2.21. The third kappa shape index (κ3) is 6.23. The first-order valence-corrected chi connectivity index (χ1v) is 13.1. The quantitative estimate of drug-likeness (QED) is 0.242. The van der Waals surface area contributed by atoms with E-state index < -0.39 is 5.97 Å². The Labute approximate surface area is 233 Å². The topological polar surface area (TPSA) is 65.8 Å². The molecule has 0 aliphatic carbocycles. The predicted octanol–water partition coefficient (Wildman–Crippen LogP) is 6.78. The molecule has 0 aromatic heterocycles. The number of carbonyl (C=O) groups excluding carboxylic acids is 1. The first-order chi connectivity index (χ1) is 19.0. The highest BCUT2D eigenvalue weighted by atomic mass is 35.5. The van der Waals surface area contributed by atoms with E-state index in [0.717, 1.165) is 49.0 Å². The summed E-state index contributed by atoms with van der Waals surface area (Å²) in [5, 5.41) is 9.79. The lowest BCUT2D eigenvalue weighted by Crippen LogP contribution is -2.46. The zero-order valence-corrected chi connectivity index (χ0v) is 22.4. The van der Waals surface area contributed by atoms with Gasteiger partial charge < -0.3 is 14.4 Å². The molecule has 0 saturated carbocycles. The van der Waals surface area contributed by atoms with E-state index in [1.807, 2.05) is 24.3 Å². The molecule has 0 radical (unpaired) electrons. The van der Waals surface area contributed by atoms with Gasteiger partial charge in [0.15, 0.2) is 0 Å². The average molecular weight is 538 g/mol. The van der Waals surface area contributed by atoms with Crippen LogP contribution in [0.5, 0.6) is 11.5 Å². The molecule has 0 spiro atoms. The molecule has 0 bridgehead atoms. The van der Waals surface area contributed by atoms with E-state index in [0.29, 0.717) is 22.6 Å². The van der Waals surface area contributed by atoms with E-state index in [4.69, 9.17) is 26.3 Å². The van der Waals surface area contributed by atoms with Crippen molar-refractivity contribution in [1.29, 1.82) is 5.26 Å². The Hall–Kier alpha value is -4.31. The molecule has 4 aromatic carbocycles. The zero-order chi connectivity index (χ0) is 27.2. The molecule has 4 aromatic rings.